The average Bonchev–Trinajstić information content (AvgIpc) is 0.771. The van der Waals surface area contributed by atoms with Crippen LogP contribution in [0.15, 0.2) is 48.1 Å². The number of piperidine rings is 1. The second-order valence-corrected chi connectivity index (χ2v) is 36.5. The molecule has 1 unspecified atom stereocenters. The SMILES string of the molecule is C=CC[C@@H]1/C=C(\C)C[C@H](C)C[C@H](OC)[C@H]2O[C@@](C)(C(=O)C(=O)N3CCCC[C@H]3C(=O)O[C@H](/C(C)=C/C3CC[C@@H](OC(=O)CC(C)(C)c4c(C)cc(C)cc4OC(=O)CCC(=O)OC(COC(=O)CCCCCCCCCCCCCCC)COC(=O)CCCCCCCCCCCCCCC)[C@H](OC)C3)[C@H](C)[C@@H](C)CC1=O)[C@H](C)C[C@@H]2OC. The molecule has 1 amide bonds. The lowest BCUT2D eigenvalue weighted by molar-refractivity contribution is -0.229. The Labute approximate surface area is 711 Å². The first kappa shape index (κ1) is 102. The van der Waals surface area contributed by atoms with E-state index in [2.05, 4.69) is 39.5 Å². The topological polar surface area (TPSA) is 249 Å². The summed E-state index contributed by atoms with van der Waals surface area (Å²) in [5, 5.41) is 0. The van der Waals surface area contributed by atoms with E-state index in [0.29, 0.717) is 76.2 Å². The summed E-state index contributed by atoms with van der Waals surface area (Å²) >= 11 is 0. The average molecular weight is 1660 g/mol. The number of amides is 1. The summed E-state index contributed by atoms with van der Waals surface area (Å²) in [4.78, 5) is 129. The van der Waals surface area contributed by atoms with Gasteiger partial charge in [-0.25, -0.2) is 4.79 Å². The van der Waals surface area contributed by atoms with Crippen molar-refractivity contribution in [1.82, 2.24) is 4.90 Å². The predicted molar refractivity (Wildman–Crippen MR) is 464 cm³/mol. The maximum Gasteiger partial charge on any atom is 0.329 e. The summed E-state index contributed by atoms with van der Waals surface area (Å²) in [5.74, 6) is -6.25. The zero-order valence-corrected chi connectivity index (χ0v) is 76.2. The minimum Gasteiger partial charge on any atom is -0.462 e. The number of allylic oxidation sites excluding steroid dienone is 4. The highest BCUT2D eigenvalue weighted by Crippen LogP contribution is 2.43. The second-order valence-electron chi connectivity index (χ2n) is 36.5. The van der Waals surface area contributed by atoms with Crippen LogP contribution in [0.2, 0.25) is 0 Å². The lowest BCUT2D eigenvalue weighted by atomic mass is 9.76. The van der Waals surface area contributed by atoms with Crippen molar-refractivity contribution in [3.05, 3.63) is 64.8 Å². The van der Waals surface area contributed by atoms with Gasteiger partial charge in [0.15, 0.2) is 6.10 Å². The zero-order chi connectivity index (χ0) is 86.7. The van der Waals surface area contributed by atoms with Crippen molar-refractivity contribution in [3.63, 3.8) is 0 Å². The van der Waals surface area contributed by atoms with E-state index in [-0.39, 0.29) is 99.9 Å². The Hall–Kier alpha value is -6.09. The van der Waals surface area contributed by atoms with Crippen molar-refractivity contribution in [1.29, 1.82) is 0 Å². The molecular weight excluding hydrogens is 1500 g/mol. The third-order valence-corrected chi connectivity index (χ3v) is 25.6. The third kappa shape index (κ3) is 35.4. The number of hydrogen-bond donors (Lipinski definition) is 0. The number of carbonyl (C=O) groups is 9. The van der Waals surface area contributed by atoms with Gasteiger partial charge in [-0.3, -0.25) is 38.4 Å². The highest BCUT2D eigenvalue weighted by atomic mass is 16.6. The Morgan fingerprint density at radius 1 is 0.619 bits per heavy atom. The standard InChI is InChI=1S/C98H159NO19/c1-18-21-23-25-27-29-31-33-35-37-39-41-43-49-86(101)112-66-78(67-113-87(102)50-44-42-40-38-36-34-32-30-28-26-24-22-19-2)114-88(103)53-54-89(104)116-83-59-70(6)57-72(8)91(83)97(12,13)65-90(105)115-81-52-51-76(64-82(81)109-15)61-73(9)92-75(11)71(7)62-80(100)77(47-20-3)58-68(4)56-69(5)60-84(110-16)93-85(111-17)63-74(10)98(14,118-93)94(106)95(107)99-55-46-45-48-79(99)96(108)117-92/h20,57-59,61,69,71,74-79,81-82,84-85,92-93H,3,18-19,21-56,60,62-67H2,1-2,4-17H3/b68-58+,73-61+/t69-,71-,74+,75+,76?,77+,79-,81+,82+,84-,85-,92+,93+,98+/m0/s1. The Bertz CT molecular complexity index is 3250. The molecule has 0 radical (unpaired) electrons. The lowest BCUT2D eigenvalue weighted by Crippen LogP contribution is -2.63. The molecular formula is C98H159NO19. The molecule has 1 aromatic carbocycles. The molecule has 1 aliphatic carbocycles. The van der Waals surface area contributed by atoms with E-state index < -0.39 is 119 Å². The van der Waals surface area contributed by atoms with Crippen LogP contribution in [0.3, 0.4) is 0 Å². The monoisotopic (exact) mass is 1650 g/mol. The first-order valence-corrected chi connectivity index (χ1v) is 46.3. The molecule has 4 aliphatic rings. The molecule has 20 nitrogen and oxygen atoms in total. The fourth-order valence-corrected chi connectivity index (χ4v) is 18.3. The summed E-state index contributed by atoms with van der Waals surface area (Å²) in [6.45, 7) is 29.2. The van der Waals surface area contributed by atoms with Crippen LogP contribution in [-0.2, 0) is 91.2 Å². The van der Waals surface area contributed by atoms with Crippen molar-refractivity contribution >= 4 is 53.3 Å². The molecule has 0 N–H and O–H groups in total. The number of fused-ring (bicyclic) bond motifs is 3. The number of cyclic esters (lactones) is 1. The highest BCUT2D eigenvalue weighted by Gasteiger charge is 2.55. The molecule has 3 aliphatic heterocycles. The van der Waals surface area contributed by atoms with Crippen LogP contribution < -0.4 is 4.74 Å². The van der Waals surface area contributed by atoms with Crippen LogP contribution >= 0.6 is 0 Å². The molecule has 0 spiro atoms. The number of aryl methyl sites for hydroxylation is 2. The molecule has 1 aromatic rings. The minimum atomic E-state index is -1.56. The largest absolute Gasteiger partial charge is 0.462 e. The quantitative estimate of drug-likeness (QED) is 0.0147. The van der Waals surface area contributed by atoms with Gasteiger partial charge < -0.3 is 52.3 Å². The molecule has 0 aromatic heterocycles. The van der Waals surface area contributed by atoms with Gasteiger partial charge >= 0.3 is 35.8 Å². The van der Waals surface area contributed by atoms with E-state index >= 15 is 4.79 Å². The van der Waals surface area contributed by atoms with Crippen molar-refractivity contribution < 1.29 is 90.5 Å². The van der Waals surface area contributed by atoms with Gasteiger partial charge in [0, 0.05) is 70.0 Å². The predicted octanol–water partition coefficient (Wildman–Crippen LogP) is 21.2. The summed E-state index contributed by atoms with van der Waals surface area (Å²) in [6, 6.07) is 2.63. The fraction of sp³-hybridized carbons (Fsp3) is 0.786. The van der Waals surface area contributed by atoms with E-state index in [1.807, 2.05) is 68.4 Å². The van der Waals surface area contributed by atoms with Crippen molar-refractivity contribution in [3.8, 4) is 5.75 Å². The van der Waals surface area contributed by atoms with Crippen LogP contribution in [0, 0.1) is 49.4 Å². The van der Waals surface area contributed by atoms with Crippen LogP contribution in [0.5, 0.6) is 5.75 Å². The fourth-order valence-electron chi connectivity index (χ4n) is 18.3. The maximum absolute atomic E-state index is 15.0. The molecule has 1 saturated carbocycles. The van der Waals surface area contributed by atoms with Crippen molar-refractivity contribution in [2.75, 3.05) is 41.1 Å². The van der Waals surface area contributed by atoms with Crippen LogP contribution in [-0.4, -0.2) is 154 Å². The Morgan fingerprint density at radius 3 is 1.68 bits per heavy atom. The van der Waals surface area contributed by atoms with Crippen molar-refractivity contribution in [2.24, 2.45) is 35.5 Å². The Kier molecular flexibility index (Phi) is 47.9. The van der Waals surface area contributed by atoms with Gasteiger partial charge in [0.2, 0.25) is 0 Å². The number of ketones is 2. The van der Waals surface area contributed by atoms with Crippen LogP contribution in [0.25, 0.3) is 0 Å². The second kappa shape index (κ2) is 55.1. The van der Waals surface area contributed by atoms with Crippen LogP contribution in [0.4, 0.5) is 0 Å². The first-order chi connectivity index (χ1) is 56.4. The maximum atomic E-state index is 15.0. The van der Waals surface area contributed by atoms with E-state index in [1.165, 1.54) is 120 Å². The van der Waals surface area contributed by atoms with Gasteiger partial charge in [-0.2, -0.15) is 0 Å². The summed E-state index contributed by atoms with van der Waals surface area (Å²) in [7, 11) is 4.82. The number of Topliss-reactive ketones (excluding diaryl/α,β-unsaturated/α-hetero) is 2. The molecule has 3 heterocycles. The minimum absolute atomic E-state index is 0.0444. The highest BCUT2D eigenvalue weighted by molar-refractivity contribution is 6.39. The van der Waals surface area contributed by atoms with E-state index in [0.717, 1.165) is 60.8 Å². The molecule has 2 saturated heterocycles. The van der Waals surface area contributed by atoms with Crippen molar-refractivity contribution in [2.45, 2.75) is 419 Å². The number of rotatable bonds is 48. The molecule has 118 heavy (non-hydrogen) atoms. The zero-order valence-electron chi connectivity index (χ0n) is 76.2. The van der Waals surface area contributed by atoms with E-state index in [9.17, 15) is 38.4 Å². The summed E-state index contributed by atoms with van der Waals surface area (Å²) in [5.41, 5.74) is 1.50. The Morgan fingerprint density at radius 2 is 1.14 bits per heavy atom. The smallest absolute Gasteiger partial charge is 0.329 e. The molecule has 2 bridgehead atoms. The number of unbranched alkanes of at least 4 members (excludes halogenated alkanes) is 24. The number of esters is 6. The number of methoxy groups -OCH3 is 3. The first-order valence-electron chi connectivity index (χ1n) is 46.3. The number of benzene rings is 1. The molecule has 670 valence electrons. The van der Waals surface area contributed by atoms with Gasteiger partial charge in [0.05, 0.1) is 37.6 Å². The molecule has 3 fully saturated rings. The number of ether oxygens (including phenoxy) is 10. The number of hydrogen-bond acceptors (Lipinski definition) is 19. The van der Waals surface area contributed by atoms with Gasteiger partial charge in [0.1, 0.15) is 54.7 Å². The van der Waals surface area contributed by atoms with E-state index in [1.54, 1.807) is 40.4 Å². The molecule has 20 heteroatoms. The summed E-state index contributed by atoms with van der Waals surface area (Å²) in [6.07, 6.45) is 36.8. The Balaban J connectivity index is 1.24. The van der Waals surface area contributed by atoms with E-state index in [4.69, 9.17) is 47.4 Å². The summed E-state index contributed by atoms with van der Waals surface area (Å²) < 4.78 is 61.2. The molecule has 14 atom stereocenters. The van der Waals surface area contributed by atoms with Gasteiger partial charge in [-0.05, 0) is 158 Å². The number of nitrogens with zero attached hydrogens (tertiary/aromatic N) is 1. The van der Waals surface area contributed by atoms with Gasteiger partial charge in [0.25, 0.3) is 11.7 Å². The van der Waals surface area contributed by atoms with Gasteiger partial charge in [-0.15, -0.1) is 6.58 Å². The molecule has 5 rings (SSSR count). The third-order valence-electron chi connectivity index (χ3n) is 25.6. The number of carbonyl (C=O) groups excluding carboxylic acids is 9. The normalized spacial score (nSPS) is 25.8. The van der Waals surface area contributed by atoms with Crippen LogP contribution in [0.1, 0.15) is 363 Å². The lowest BCUT2D eigenvalue weighted by Gasteiger charge is -2.48. The van der Waals surface area contributed by atoms with Gasteiger partial charge in [-0.1, -0.05) is 239 Å².